The summed E-state index contributed by atoms with van der Waals surface area (Å²) in [4.78, 5) is 4.50. The van der Waals surface area contributed by atoms with Crippen LogP contribution < -0.4 is 5.73 Å². The van der Waals surface area contributed by atoms with Crippen LogP contribution in [0.3, 0.4) is 0 Å². The van der Waals surface area contributed by atoms with Crippen molar-refractivity contribution < 1.29 is 0 Å². The van der Waals surface area contributed by atoms with Crippen molar-refractivity contribution in [1.82, 2.24) is 9.80 Å². The van der Waals surface area contributed by atoms with Crippen LogP contribution >= 0.6 is 23.4 Å². The van der Waals surface area contributed by atoms with Crippen molar-refractivity contribution in [3.63, 3.8) is 0 Å². The zero-order valence-corrected chi connectivity index (χ0v) is 17.7. The first kappa shape index (κ1) is 20.9. The summed E-state index contributed by atoms with van der Waals surface area (Å²) in [6.07, 6.45) is 6.04. The van der Waals surface area contributed by atoms with E-state index in [1.807, 2.05) is 0 Å². The summed E-state index contributed by atoms with van der Waals surface area (Å²) in [5, 5.41) is 25.5. The molecule has 8 heteroatoms. The van der Waals surface area contributed by atoms with Gasteiger partial charge in [0.2, 0.25) is 0 Å². The summed E-state index contributed by atoms with van der Waals surface area (Å²) in [5.74, 6) is 0. The minimum Gasteiger partial charge on any atom is -0.404 e. The van der Waals surface area contributed by atoms with E-state index in [4.69, 9.17) is 33.6 Å². The maximum Gasteiger partial charge on any atom is 0.162 e. The van der Waals surface area contributed by atoms with Gasteiger partial charge in [-0.1, -0.05) is 23.7 Å². The SMILES string of the molecule is CN1CCC2(CCCN(C(=N)SC(=N)c3ccc(/C(C=N)=C/N)cc3Cl)C2)C1. The van der Waals surface area contributed by atoms with Crippen LogP contribution in [0.5, 0.6) is 0 Å². The lowest BCUT2D eigenvalue weighted by atomic mass is 9.79. The van der Waals surface area contributed by atoms with Crippen LogP contribution in [0.2, 0.25) is 5.02 Å². The third-order valence-electron chi connectivity index (χ3n) is 5.66. The van der Waals surface area contributed by atoms with Crippen LogP contribution in [0.15, 0.2) is 24.4 Å². The highest BCUT2D eigenvalue weighted by Crippen LogP contribution is 2.39. The van der Waals surface area contributed by atoms with Crippen molar-refractivity contribution in [1.29, 1.82) is 16.2 Å². The number of nitrogens with two attached hydrogens (primary N) is 1. The number of piperidine rings is 1. The fourth-order valence-electron chi connectivity index (χ4n) is 4.20. The summed E-state index contributed by atoms with van der Waals surface area (Å²) in [7, 11) is 2.17. The Kier molecular flexibility index (Phi) is 6.47. The van der Waals surface area contributed by atoms with E-state index in [1.165, 1.54) is 25.3 Å². The van der Waals surface area contributed by atoms with E-state index in [9.17, 15) is 0 Å². The molecule has 0 saturated carbocycles. The van der Waals surface area contributed by atoms with E-state index < -0.39 is 0 Å². The van der Waals surface area contributed by atoms with Crippen LogP contribution in [-0.4, -0.2) is 59.5 Å². The number of allylic oxidation sites excluding steroid dienone is 1. The fraction of sp³-hybridized carbons (Fsp3) is 0.450. The number of benzene rings is 1. The molecule has 0 amide bonds. The van der Waals surface area contributed by atoms with Gasteiger partial charge < -0.3 is 20.9 Å². The molecule has 2 fully saturated rings. The Hall–Kier alpha value is -1.83. The number of thioether (sulfide) groups is 1. The smallest absolute Gasteiger partial charge is 0.162 e. The van der Waals surface area contributed by atoms with E-state index in [2.05, 4.69) is 16.8 Å². The Balaban J connectivity index is 1.67. The fourth-order valence-corrected chi connectivity index (χ4v) is 5.29. The summed E-state index contributed by atoms with van der Waals surface area (Å²) >= 11 is 7.53. The molecule has 1 aromatic carbocycles. The van der Waals surface area contributed by atoms with Gasteiger partial charge in [0.15, 0.2) is 5.17 Å². The number of hydrogen-bond donors (Lipinski definition) is 4. The first-order valence-electron chi connectivity index (χ1n) is 9.38. The first-order chi connectivity index (χ1) is 13.4. The van der Waals surface area contributed by atoms with E-state index in [0.29, 0.717) is 26.7 Å². The molecule has 2 aliphatic heterocycles. The molecule has 5 N–H and O–H groups in total. The number of halogens is 1. The lowest BCUT2D eigenvalue weighted by Gasteiger charge is -2.41. The third kappa shape index (κ3) is 4.42. The molecular weight excluding hydrogens is 392 g/mol. The van der Waals surface area contributed by atoms with Crippen molar-refractivity contribution in [2.75, 3.05) is 33.2 Å². The Morgan fingerprint density at radius 1 is 1.25 bits per heavy atom. The molecule has 6 nitrogen and oxygen atoms in total. The molecule has 0 aromatic heterocycles. The van der Waals surface area contributed by atoms with E-state index >= 15 is 0 Å². The van der Waals surface area contributed by atoms with Gasteiger partial charge in [-0.25, -0.2) is 0 Å². The van der Waals surface area contributed by atoms with E-state index in [1.54, 1.807) is 18.2 Å². The van der Waals surface area contributed by atoms with Gasteiger partial charge in [-0.2, -0.15) is 0 Å². The molecule has 28 heavy (non-hydrogen) atoms. The van der Waals surface area contributed by atoms with Crippen LogP contribution in [0.25, 0.3) is 5.57 Å². The summed E-state index contributed by atoms with van der Waals surface area (Å²) in [6.45, 7) is 3.99. The molecule has 1 atom stereocenters. The van der Waals surface area contributed by atoms with Gasteiger partial charge in [0.05, 0.1) is 5.02 Å². The predicted molar refractivity (Wildman–Crippen MR) is 120 cm³/mol. The van der Waals surface area contributed by atoms with Gasteiger partial charge in [0.25, 0.3) is 0 Å². The van der Waals surface area contributed by atoms with E-state index in [0.717, 1.165) is 49.9 Å². The summed E-state index contributed by atoms with van der Waals surface area (Å²) < 4.78 is 0. The molecule has 1 spiro atoms. The number of amidine groups is 1. The molecule has 1 unspecified atom stereocenters. The average molecular weight is 419 g/mol. The predicted octanol–water partition coefficient (Wildman–Crippen LogP) is 3.70. The van der Waals surface area contributed by atoms with Gasteiger partial charge in [0.1, 0.15) is 5.04 Å². The monoisotopic (exact) mass is 418 g/mol. The van der Waals surface area contributed by atoms with Gasteiger partial charge in [-0.3, -0.25) is 10.8 Å². The van der Waals surface area contributed by atoms with Crippen molar-refractivity contribution >= 4 is 45.4 Å². The minimum absolute atomic E-state index is 0.262. The zero-order valence-electron chi connectivity index (χ0n) is 16.1. The largest absolute Gasteiger partial charge is 0.404 e. The average Bonchev–Trinajstić information content (AvgIpc) is 3.02. The Morgan fingerprint density at radius 2 is 2.04 bits per heavy atom. The molecule has 2 aliphatic rings. The Labute approximate surface area is 175 Å². The molecule has 1 aromatic rings. The summed E-state index contributed by atoms with van der Waals surface area (Å²) in [6, 6.07) is 5.27. The number of nitrogens with zero attached hydrogens (tertiary/aromatic N) is 2. The second-order valence-corrected chi connectivity index (χ2v) is 9.12. The molecule has 0 radical (unpaired) electrons. The van der Waals surface area contributed by atoms with Crippen LogP contribution in [-0.2, 0) is 0 Å². The van der Waals surface area contributed by atoms with Crippen LogP contribution in [0, 0.1) is 21.6 Å². The maximum atomic E-state index is 8.54. The zero-order chi connectivity index (χ0) is 20.3. The van der Waals surface area contributed by atoms with Crippen molar-refractivity contribution in [2.45, 2.75) is 19.3 Å². The van der Waals surface area contributed by atoms with Crippen molar-refractivity contribution in [3.05, 3.63) is 40.5 Å². The maximum absolute atomic E-state index is 8.54. The molecule has 3 rings (SSSR count). The van der Waals surface area contributed by atoms with E-state index in [-0.39, 0.29) is 5.04 Å². The molecule has 0 aliphatic carbocycles. The van der Waals surface area contributed by atoms with Gasteiger partial charge in [-0.15, -0.1) is 0 Å². The van der Waals surface area contributed by atoms with Crippen LogP contribution in [0.1, 0.15) is 30.4 Å². The normalized spacial score (nSPS) is 23.2. The highest BCUT2D eigenvalue weighted by atomic mass is 35.5. The van der Waals surface area contributed by atoms with Crippen molar-refractivity contribution in [2.24, 2.45) is 11.1 Å². The summed E-state index contributed by atoms with van der Waals surface area (Å²) in [5.41, 5.74) is 7.72. The number of likely N-dealkylation sites (tertiary alicyclic amines) is 2. The molecule has 150 valence electrons. The molecule has 2 heterocycles. The number of hydrogen-bond acceptors (Lipinski definition) is 6. The Bertz CT molecular complexity index is 819. The second kappa shape index (κ2) is 8.68. The van der Waals surface area contributed by atoms with Gasteiger partial charge in [0, 0.05) is 48.6 Å². The van der Waals surface area contributed by atoms with Gasteiger partial charge in [-0.05, 0) is 56.2 Å². The first-order valence-corrected chi connectivity index (χ1v) is 10.6. The number of nitrogens with one attached hydrogen (secondary N) is 3. The van der Waals surface area contributed by atoms with Crippen molar-refractivity contribution in [3.8, 4) is 0 Å². The third-order valence-corrected chi connectivity index (χ3v) is 6.85. The quantitative estimate of drug-likeness (QED) is 0.443. The lowest BCUT2D eigenvalue weighted by molar-refractivity contribution is 0.148. The topological polar surface area (TPSA) is 104 Å². The Morgan fingerprint density at radius 3 is 2.64 bits per heavy atom. The highest BCUT2D eigenvalue weighted by Gasteiger charge is 2.40. The molecule has 0 bridgehead atoms. The lowest BCUT2D eigenvalue weighted by Crippen LogP contribution is -2.46. The van der Waals surface area contributed by atoms with Gasteiger partial charge >= 0.3 is 0 Å². The van der Waals surface area contributed by atoms with Crippen LogP contribution in [0.4, 0.5) is 0 Å². The standard InChI is InChI=1S/C20H27ClN6S/c1-26-8-6-20(12-26)5-2-7-27(13-20)19(25)28-18(24)16-4-3-14(9-17(16)21)15(10-22)11-23/h3-4,9-11,22,24-25H,2,5-8,12-13,23H2,1H3/b15-11+,22-10?,24-18?,25-19?. The highest BCUT2D eigenvalue weighted by molar-refractivity contribution is 8.26. The molecular formula is C20H27ClN6S. The molecule has 2 saturated heterocycles. The minimum atomic E-state index is 0.262. The number of rotatable bonds is 3. The second-order valence-electron chi connectivity index (χ2n) is 7.71.